The Morgan fingerprint density at radius 3 is 1.51 bits per heavy atom. The zero-order chi connectivity index (χ0) is 40.6. The van der Waals surface area contributed by atoms with E-state index in [4.69, 9.17) is 18.5 Å². The fourth-order valence-electron chi connectivity index (χ4n) is 6.41. The van der Waals surface area contributed by atoms with Crippen molar-refractivity contribution in [3.63, 3.8) is 0 Å². The Labute approximate surface area is 341 Å². The molecule has 0 aromatic heterocycles. The van der Waals surface area contributed by atoms with Crippen LogP contribution in [0.15, 0.2) is 24.3 Å². The van der Waals surface area contributed by atoms with Gasteiger partial charge in [0.15, 0.2) is 0 Å². The van der Waals surface area contributed by atoms with E-state index in [1.165, 1.54) is 148 Å². The summed E-state index contributed by atoms with van der Waals surface area (Å²) in [7, 11) is 1.67. The van der Waals surface area contributed by atoms with E-state index in [-0.39, 0.29) is 25.8 Å². The van der Waals surface area contributed by atoms with Crippen LogP contribution in [0.4, 0.5) is 0 Å². The molecule has 2 atom stereocenters. The van der Waals surface area contributed by atoms with Crippen LogP contribution in [0.5, 0.6) is 0 Å². The molecule has 1 unspecified atom stereocenters. The van der Waals surface area contributed by atoms with Crippen LogP contribution < -0.4 is 0 Å². The molecular weight excluding hydrogens is 709 g/mol. The largest absolute Gasteiger partial charge is 0.472 e. The molecule has 0 saturated heterocycles. The lowest BCUT2D eigenvalue weighted by Crippen LogP contribution is -2.37. The van der Waals surface area contributed by atoms with Crippen molar-refractivity contribution in [2.24, 2.45) is 0 Å². The summed E-state index contributed by atoms with van der Waals surface area (Å²) in [5.74, 6) is -0.315. The molecule has 0 saturated carbocycles. The number of phosphoric ester groups is 1. The molecule has 0 fully saturated rings. The van der Waals surface area contributed by atoms with E-state index in [1.54, 1.807) is 0 Å². The predicted octanol–water partition coefficient (Wildman–Crippen LogP) is 13.6. The normalized spacial score (nSPS) is 13.9. The standard InChI is InChI=1S/C46H90NO7P/c1-6-8-10-12-14-16-18-20-22-23-24-25-26-27-29-31-33-35-37-39-46(48)54-45(44-53-55(49,50)52-42-40-47(3,4)5)43-51-41-38-36-34-32-30-28-21-19-17-15-13-11-9-7-2/h14,16,20,22,45H,6-13,15,17-19,21,23-44H2,1-5H3/p+1/b16-14-,22-20-/t45-/m1/s1. The Kier molecular flexibility index (Phi) is 39.1. The van der Waals surface area contributed by atoms with E-state index in [0.29, 0.717) is 24.1 Å². The fraction of sp³-hybridized carbons (Fsp3) is 0.891. The summed E-state index contributed by atoms with van der Waals surface area (Å²) in [6, 6.07) is 0. The van der Waals surface area contributed by atoms with Crippen LogP contribution in [0, 0.1) is 0 Å². The monoisotopic (exact) mass is 801 g/mol. The van der Waals surface area contributed by atoms with Crippen LogP contribution in [0.3, 0.4) is 0 Å². The van der Waals surface area contributed by atoms with Crippen LogP contribution in [0.1, 0.15) is 206 Å². The zero-order valence-corrected chi connectivity index (χ0v) is 37.8. The maximum Gasteiger partial charge on any atom is 0.472 e. The number of rotatable bonds is 43. The van der Waals surface area contributed by atoms with Crippen molar-refractivity contribution < 1.29 is 37.3 Å². The van der Waals surface area contributed by atoms with Crippen molar-refractivity contribution in [2.75, 3.05) is 54.1 Å². The number of ether oxygens (including phenoxy) is 2. The number of carbonyl (C=O) groups excluding carboxylic acids is 1. The van der Waals surface area contributed by atoms with Crippen molar-refractivity contribution in [1.82, 2.24) is 0 Å². The first kappa shape index (κ1) is 54.0. The van der Waals surface area contributed by atoms with E-state index in [1.807, 2.05) is 21.1 Å². The van der Waals surface area contributed by atoms with E-state index in [9.17, 15) is 14.3 Å². The quantitative estimate of drug-likeness (QED) is 0.0216. The highest BCUT2D eigenvalue weighted by Crippen LogP contribution is 2.43. The third-order valence-electron chi connectivity index (χ3n) is 10.0. The number of hydrogen-bond acceptors (Lipinski definition) is 6. The third-order valence-corrected chi connectivity index (χ3v) is 11.0. The van der Waals surface area contributed by atoms with Gasteiger partial charge in [0.1, 0.15) is 19.3 Å². The van der Waals surface area contributed by atoms with Gasteiger partial charge in [0, 0.05) is 13.0 Å². The van der Waals surface area contributed by atoms with Crippen molar-refractivity contribution >= 4 is 13.8 Å². The number of likely N-dealkylation sites (N-methyl/N-ethyl adjacent to an activating group) is 1. The molecule has 55 heavy (non-hydrogen) atoms. The fourth-order valence-corrected chi connectivity index (χ4v) is 7.15. The number of unbranched alkanes of at least 4 members (excludes halogenated alkanes) is 25. The highest BCUT2D eigenvalue weighted by atomic mass is 31.2. The molecule has 9 heteroatoms. The second kappa shape index (κ2) is 39.8. The van der Waals surface area contributed by atoms with E-state index in [2.05, 4.69) is 38.2 Å². The number of hydrogen-bond donors (Lipinski definition) is 1. The lowest BCUT2D eigenvalue weighted by Gasteiger charge is -2.24. The van der Waals surface area contributed by atoms with Crippen LogP contribution in [0.25, 0.3) is 0 Å². The molecule has 326 valence electrons. The Bertz CT molecular complexity index is 936. The molecule has 0 radical (unpaired) electrons. The van der Waals surface area contributed by atoms with Gasteiger partial charge in [-0.3, -0.25) is 13.8 Å². The topological polar surface area (TPSA) is 91.3 Å². The van der Waals surface area contributed by atoms with E-state index < -0.39 is 13.9 Å². The molecule has 0 spiro atoms. The first-order valence-electron chi connectivity index (χ1n) is 23.1. The van der Waals surface area contributed by atoms with Gasteiger partial charge in [-0.1, -0.05) is 179 Å². The number of phosphoric acid groups is 1. The molecular formula is C46H91NO7P+. The van der Waals surface area contributed by atoms with Crippen molar-refractivity contribution in [1.29, 1.82) is 0 Å². The maximum absolute atomic E-state index is 12.7. The van der Waals surface area contributed by atoms with Gasteiger partial charge >= 0.3 is 13.8 Å². The number of allylic oxidation sites excluding steroid dienone is 4. The van der Waals surface area contributed by atoms with Crippen molar-refractivity contribution in [3.05, 3.63) is 24.3 Å². The van der Waals surface area contributed by atoms with Gasteiger partial charge in [-0.2, -0.15) is 0 Å². The summed E-state index contributed by atoms with van der Waals surface area (Å²) in [5, 5.41) is 0. The Balaban J connectivity index is 4.18. The molecule has 0 amide bonds. The summed E-state index contributed by atoms with van der Waals surface area (Å²) in [6.07, 6.45) is 44.9. The minimum absolute atomic E-state index is 0.0898. The van der Waals surface area contributed by atoms with Gasteiger partial charge in [-0.15, -0.1) is 0 Å². The second-order valence-electron chi connectivity index (χ2n) is 16.8. The van der Waals surface area contributed by atoms with Crippen LogP contribution in [-0.4, -0.2) is 75.6 Å². The second-order valence-corrected chi connectivity index (χ2v) is 18.2. The summed E-state index contributed by atoms with van der Waals surface area (Å²) < 4.78 is 35.0. The average molecular weight is 801 g/mol. The molecule has 0 heterocycles. The Morgan fingerprint density at radius 2 is 1.00 bits per heavy atom. The van der Waals surface area contributed by atoms with E-state index >= 15 is 0 Å². The van der Waals surface area contributed by atoms with Gasteiger partial charge < -0.3 is 18.9 Å². The maximum atomic E-state index is 12.7. The molecule has 1 N–H and O–H groups in total. The minimum atomic E-state index is -4.27. The number of carbonyl (C=O) groups is 1. The predicted molar refractivity (Wildman–Crippen MR) is 233 cm³/mol. The number of esters is 1. The molecule has 0 aliphatic heterocycles. The molecule has 0 rings (SSSR count). The first-order chi connectivity index (χ1) is 26.6. The number of nitrogens with zero attached hydrogens (tertiary/aromatic N) is 1. The SMILES string of the molecule is CCCCC/C=C\C/C=C\CCCCCCCCCCCC(=O)O[C@H](COCCCCCCCCCCCCCCCC)COP(=O)(O)OCC[N+](C)(C)C. The van der Waals surface area contributed by atoms with Gasteiger partial charge in [0.25, 0.3) is 0 Å². The van der Waals surface area contributed by atoms with Crippen LogP contribution >= 0.6 is 7.82 Å². The van der Waals surface area contributed by atoms with Crippen molar-refractivity contribution in [2.45, 2.75) is 213 Å². The average Bonchev–Trinajstić information content (AvgIpc) is 3.13. The molecule has 0 aliphatic rings. The summed E-state index contributed by atoms with van der Waals surface area (Å²) in [4.78, 5) is 22.9. The lowest BCUT2D eigenvalue weighted by atomic mass is 10.0. The highest BCUT2D eigenvalue weighted by molar-refractivity contribution is 7.47. The minimum Gasteiger partial charge on any atom is -0.457 e. The molecule has 0 aliphatic carbocycles. The smallest absolute Gasteiger partial charge is 0.457 e. The summed E-state index contributed by atoms with van der Waals surface area (Å²) >= 11 is 0. The molecule has 8 nitrogen and oxygen atoms in total. The van der Waals surface area contributed by atoms with Crippen LogP contribution in [0.2, 0.25) is 0 Å². The first-order valence-corrected chi connectivity index (χ1v) is 24.6. The molecule has 0 aromatic rings. The molecule has 0 aromatic carbocycles. The Hall–Kier alpha value is -1.02. The lowest BCUT2D eigenvalue weighted by molar-refractivity contribution is -0.870. The zero-order valence-electron chi connectivity index (χ0n) is 36.9. The highest BCUT2D eigenvalue weighted by Gasteiger charge is 2.26. The van der Waals surface area contributed by atoms with Gasteiger partial charge in [-0.25, -0.2) is 4.57 Å². The van der Waals surface area contributed by atoms with Crippen LogP contribution in [-0.2, 0) is 27.9 Å². The van der Waals surface area contributed by atoms with Gasteiger partial charge in [0.05, 0.1) is 34.4 Å². The van der Waals surface area contributed by atoms with Crippen molar-refractivity contribution in [3.8, 4) is 0 Å². The van der Waals surface area contributed by atoms with Gasteiger partial charge in [-0.05, 0) is 44.9 Å². The summed E-state index contributed by atoms with van der Waals surface area (Å²) in [6.45, 7) is 5.63. The Morgan fingerprint density at radius 1 is 0.564 bits per heavy atom. The molecule has 0 bridgehead atoms. The number of quaternary nitrogens is 1. The van der Waals surface area contributed by atoms with E-state index in [0.717, 1.165) is 38.5 Å². The summed E-state index contributed by atoms with van der Waals surface area (Å²) in [5.41, 5.74) is 0. The third kappa shape index (κ3) is 43.9. The van der Waals surface area contributed by atoms with Gasteiger partial charge in [0.2, 0.25) is 0 Å².